The van der Waals surface area contributed by atoms with Crippen LogP contribution in [-0.2, 0) is 5.41 Å². The summed E-state index contributed by atoms with van der Waals surface area (Å²) < 4.78 is 0. The number of fused-ring (bicyclic) bond motifs is 3. The van der Waals surface area contributed by atoms with Crippen LogP contribution in [0.15, 0.2) is 42.5 Å². The molecule has 0 saturated heterocycles. The van der Waals surface area contributed by atoms with E-state index in [1.54, 1.807) is 0 Å². The van der Waals surface area contributed by atoms with Crippen molar-refractivity contribution in [3.63, 3.8) is 0 Å². The molecular formula is C21H25N. The van der Waals surface area contributed by atoms with Crippen LogP contribution >= 0.6 is 0 Å². The van der Waals surface area contributed by atoms with Gasteiger partial charge >= 0.3 is 0 Å². The lowest BCUT2D eigenvalue weighted by Gasteiger charge is -2.32. The zero-order valence-electron chi connectivity index (χ0n) is 13.5. The van der Waals surface area contributed by atoms with Gasteiger partial charge in [0.25, 0.3) is 0 Å². The average Bonchev–Trinajstić information content (AvgIpc) is 2.90. The van der Waals surface area contributed by atoms with Crippen LogP contribution < -0.4 is 0 Å². The smallest absolute Gasteiger partial charge is 0.0503 e. The molecule has 1 aliphatic carbocycles. The molecule has 3 aromatic rings. The lowest BCUT2D eigenvalue weighted by Crippen LogP contribution is -2.23. The van der Waals surface area contributed by atoms with Crippen molar-refractivity contribution in [1.29, 1.82) is 0 Å². The van der Waals surface area contributed by atoms with E-state index in [2.05, 4.69) is 54.4 Å². The number of aromatic nitrogens is 1. The zero-order chi connectivity index (χ0) is 15.0. The monoisotopic (exact) mass is 291 g/mol. The highest BCUT2D eigenvalue weighted by atomic mass is 14.7. The average molecular weight is 291 g/mol. The molecule has 1 aromatic heterocycles. The largest absolute Gasteiger partial charge is 0.354 e. The van der Waals surface area contributed by atoms with E-state index in [-0.39, 0.29) is 0 Å². The summed E-state index contributed by atoms with van der Waals surface area (Å²) in [6, 6.07) is 15.6. The van der Waals surface area contributed by atoms with E-state index in [0.29, 0.717) is 5.41 Å². The Bertz CT molecular complexity index is 788. The van der Waals surface area contributed by atoms with E-state index in [9.17, 15) is 0 Å². The predicted molar refractivity (Wildman–Crippen MR) is 95.5 cm³/mol. The van der Waals surface area contributed by atoms with E-state index < -0.39 is 0 Å². The highest BCUT2D eigenvalue weighted by Crippen LogP contribution is 2.41. The van der Waals surface area contributed by atoms with Gasteiger partial charge in [0.05, 0.1) is 5.52 Å². The SMILES string of the molecule is CC1(c2cccc3c2[nH]c2ccccc23)CCCCCCC1. The Labute approximate surface area is 132 Å². The Kier molecular flexibility index (Phi) is 3.44. The van der Waals surface area contributed by atoms with Gasteiger partial charge in [0.15, 0.2) is 0 Å². The van der Waals surface area contributed by atoms with Crippen LogP contribution in [-0.4, -0.2) is 4.98 Å². The number of benzene rings is 2. The first kappa shape index (κ1) is 13.9. The minimum atomic E-state index is 0.320. The fourth-order valence-corrected chi connectivity index (χ4v) is 4.33. The van der Waals surface area contributed by atoms with Crippen LogP contribution in [0.2, 0.25) is 0 Å². The van der Waals surface area contributed by atoms with Gasteiger partial charge in [-0.1, -0.05) is 75.4 Å². The molecule has 0 amide bonds. The standard InChI is InChI=1S/C21H25N/c1-21(14-7-3-2-4-8-15-21)18-12-9-11-17-16-10-5-6-13-19(16)22-20(17)18/h5-6,9-13,22H,2-4,7-8,14-15H2,1H3. The van der Waals surface area contributed by atoms with Crippen molar-refractivity contribution in [3.8, 4) is 0 Å². The van der Waals surface area contributed by atoms with Gasteiger partial charge in [-0.2, -0.15) is 0 Å². The Morgan fingerprint density at radius 1 is 0.773 bits per heavy atom. The first-order chi connectivity index (χ1) is 10.8. The number of nitrogens with one attached hydrogen (secondary N) is 1. The second-order valence-corrected chi connectivity index (χ2v) is 7.23. The van der Waals surface area contributed by atoms with E-state index in [1.165, 1.54) is 72.3 Å². The third-order valence-electron chi connectivity index (χ3n) is 5.65. The molecule has 114 valence electrons. The van der Waals surface area contributed by atoms with Crippen molar-refractivity contribution in [1.82, 2.24) is 4.98 Å². The summed E-state index contributed by atoms with van der Waals surface area (Å²) >= 11 is 0. The van der Waals surface area contributed by atoms with Gasteiger partial charge in [-0.3, -0.25) is 0 Å². The lowest BCUT2D eigenvalue weighted by atomic mass is 9.72. The van der Waals surface area contributed by atoms with Crippen LogP contribution in [0.3, 0.4) is 0 Å². The molecule has 0 spiro atoms. The fraction of sp³-hybridized carbons (Fsp3) is 0.429. The predicted octanol–water partition coefficient (Wildman–Crippen LogP) is 6.32. The van der Waals surface area contributed by atoms with Crippen molar-refractivity contribution >= 4 is 21.8 Å². The maximum absolute atomic E-state index is 3.71. The minimum absolute atomic E-state index is 0.320. The summed E-state index contributed by atoms with van der Waals surface area (Å²) in [5, 5.41) is 2.74. The highest BCUT2D eigenvalue weighted by Gasteiger charge is 2.29. The maximum atomic E-state index is 3.71. The van der Waals surface area contributed by atoms with Crippen LogP contribution in [0.4, 0.5) is 0 Å². The molecule has 0 atom stereocenters. The zero-order valence-corrected chi connectivity index (χ0v) is 13.5. The summed E-state index contributed by atoms with van der Waals surface area (Å²) in [5.74, 6) is 0. The van der Waals surface area contributed by atoms with Gasteiger partial charge < -0.3 is 4.98 Å². The van der Waals surface area contributed by atoms with E-state index in [1.807, 2.05) is 0 Å². The molecule has 1 saturated carbocycles. The van der Waals surface area contributed by atoms with Crippen molar-refractivity contribution in [2.75, 3.05) is 0 Å². The summed E-state index contributed by atoms with van der Waals surface area (Å²) in [5.41, 5.74) is 4.48. The Hall–Kier alpha value is -1.76. The maximum Gasteiger partial charge on any atom is 0.0503 e. The molecule has 1 nitrogen and oxygen atoms in total. The van der Waals surface area contributed by atoms with Gasteiger partial charge in [0, 0.05) is 16.3 Å². The van der Waals surface area contributed by atoms with Crippen LogP contribution in [0.25, 0.3) is 21.8 Å². The van der Waals surface area contributed by atoms with Gasteiger partial charge in [-0.25, -0.2) is 0 Å². The quantitative estimate of drug-likeness (QED) is 0.539. The molecule has 0 unspecified atom stereocenters. The molecule has 1 heterocycles. The summed E-state index contributed by atoms with van der Waals surface area (Å²) in [7, 11) is 0. The number of rotatable bonds is 1. The second kappa shape index (κ2) is 5.46. The van der Waals surface area contributed by atoms with Crippen molar-refractivity contribution in [3.05, 3.63) is 48.0 Å². The number of hydrogen-bond donors (Lipinski definition) is 1. The molecule has 22 heavy (non-hydrogen) atoms. The first-order valence-corrected chi connectivity index (χ1v) is 8.78. The van der Waals surface area contributed by atoms with E-state index in [0.717, 1.165) is 0 Å². The molecule has 1 fully saturated rings. The van der Waals surface area contributed by atoms with Crippen LogP contribution in [0.5, 0.6) is 0 Å². The van der Waals surface area contributed by atoms with Gasteiger partial charge in [0.2, 0.25) is 0 Å². The van der Waals surface area contributed by atoms with Crippen LogP contribution in [0.1, 0.15) is 57.4 Å². The number of H-pyrrole nitrogens is 1. The molecule has 0 bridgehead atoms. The van der Waals surface area contributed by atoms with E-state index in [4.69, 9.17) is 0 Å². The molecule has 0 radical (unpaired) electrons. The highest BCUT2D eigenvalue weighted by molar-refractivity contribution is 6.08. The summed E-state index contributed by atoms with van der Waals surface area (Å²) in [4.78, 5) is 3.71. The third-order valence-corrected chi connectivity index (χ3v) is 5.65. The first-order valence-electron chi connectivity index (χ1n) is 8.78. The topological polar surface area (TPSA) is 15.8 Å². The molecular weight excluding hydrogens is 266 g/mol. The molecule has 1 N–H and O–H groups in total. The van der Waals surface area contributed by atoms with Gasteiger partial charge in [-0.05, 0) is 29.9 Å². The molecule has 4 rings (SSSR count). The minimum Gasteiger partial charge on any atom is -0.354 e. The van der Waals surface area contributed by atoms with Gasteiger partial charge in [0.1, 0.15) is 0 Å². The number of hydrogen-bond acceptors (Lipinski definition) is 0. The third kappa shape index (κ3) is 2.24. The van der Waals surface area contributed by atoms with Gasteiger partial charge in [-0.15, -0.1) is 0 Å². The van der Waals surface area contributed by atoms with Crippen molar-refractivity contribution < 1.29 is 0 Å². The van der Waals surface area contributed by atoms with Crippen LogP contribution in [0, 0.1) is 0 Å². The summed E-state index contributed by atoms with van der Waals surface area (Å²) in [6.07, 6.45) is 9.60. The van der Waals surface area contributed by atoms with Crippen molar-refractivity contribution in [2.24, 2.45) is 0 Å². The van der Waals surface area contributed by atoms with E-state index >= 15 is 0 Å². The Morgan fingerprint density at radius 2 is 1.45 bits per heavy atom. The molecule has 1 heteroatoms. The molecule has 0 aliphatic heterocycles. The number of para-hydroxylation sites is 2. The molecule has 1 aliphatic rings. The Balaban J connectivity index is 1.90. The van der Waals surface area contributed by atoms with Crippen molar-refractivity contribution in [2.45, 2.75) is 57.3 Å². The lowest BCUT2D eigenvalue weighted by molar-refractivity contribution is 0.343. The fourth-order valence-electron chi connectivity index (χ4n) is 4.33. The Morgan fingerprint density at radius 3 is 2.27 bits per heavy atom. The summed E-state index contributed by atoms with van der Waals surface area (Å²) in [6.45, 7) is 2.48. The normalized spacial score (nSPS) is 19.1. The molecule has 2 aromatic carbocycles. The second-order valence-electron chi connectivity index (χ2n) is 7.23. The number of aromatic amines is 1.